The van der Waals surface area contributed by atoms with E-state index in [9.17, 15) is 0 Å². The minimum Gasteiger partial charge on any atom is -0.382 e. The molecular formula is C23H31N3O. The van der Waals surface area contributed by atoms with Gasteiger partial charge in [-0.3, -0.25) is 0 Å². The van der Waals surface area contributed by atoms with Crippen LogP contribution in [0.4, 0.5) is 5.69 Å². The molecule has 4 heteroatoms. The van der Waals surface area contributed by atoms with Crippen LogP contribution in [0.25, 0.3) is 12.3 Å². The Morgan fingerprint density at radius 1 is 1.22 bits per heavy atom. The highest BCUT2D eigenvalue weighted by atomic mass is 16.5. The molecule has 0 amide bonds. The molecule has 3 aliphatic rings. The molecule has 1 atom stereocenters. The van der Waals surface area contributed by atoms with Crippen LogP contribution in [-0.4, -0.2) is 51.3 Å². The van der Waals surface area contributed by atoms with E-state index in [0.717, 1.165) is 26.1 Å². The first-order valence-corrected chi connectivity index (χ1v) is 10.1. The third-order valence-corrected chi connectivity index (χ3v) is 5.80. The lowest BCUT2D eigenvalue weighted by atomic mass is 9.89. The standard InChI is InChI=1S/C23H31N3O/c1-26-12-9-19-13-20(18-5-3-17(4-6-18)16-27-2)14-23(22(19)15-26)25-21-7-10-24-11-8-21/h3-5,9,13-15,18,21,24-25H,6-8,10-12,16H2,1-2H3. The van der Waals surface area contributed by atoms with Gasteiger partial charge in [-0.15, -0.1) is 0 Å². The summed E-state index contributed by atoms with van der Waals surface area (Å²) in [7, 11) is 3.90. The van der Waals surface area contributed by atoms with Crippen LogP contribution in [0, 0.1) is 0 Å². The first-order valence-electron chi connectivity index (χ1n) is 10.1. The molecule has 0 bridgehead atoms. The Morgan fingerprint density at radius 2 is 2.07 bits per heavy atom. The predicted molar refractivity (Wildman–Crippen MR) is 113 cm³/mol. The Balaban J connectivity index is 1.65. The Hall–Kier alpha value is -2.04. The van der Waals surface area contributed by atoms with Gasteiger partial charge in [-0.25, -0.2) is 0 Å². The summed E-state index contributed by atoms with van der Waals surface area (Å²) in [5, 5.41) is 10.0. The lowest BCUT2D eigenvalue weighted by molar-refractivity contribution is 0.227. The molecule has 1 aliphatic carbocycles. The van der Waals surface area contributed by atoms with Crippen molar-refractivity contribution in [3.63, 3.8) is 0 Å². The second-order valence-corrected chi connectivity index (χ2v) is 7.93. The van der Waals surface area contributed by atoms with Gasteiger partial charge in [0.25, 0.3) is 0 Å². The molecule has 2 N–H and O–H groups in total. The number of nitrogens with zero attached hydrogens (tertiary/aromatic N) is 1. The Labute approximate surface area is 162 Å². The average molecular weight is 366 g/mol. The highest BCUT2D eigenvalue weighted by Crippen LogP contribution is 2.27. The van der Waals surface area contributed by atoms with Crippen LogP contribution in [0.1, 0.15) is 30.7 Å². The summed E-state index contributed by atoms with van der Waals surface area (Å²) in [5.41, 5.74) is 3.97. The van der Waals surface area contributed by atoms with Gasteiger partial charge >= 0.3 is 0 Å². The highest BCUT2D eigenvalue weighted by Gasteiger charge is 2.17. The minimum absolute atomic E-state index is 0.442. The molecule has 0 saturated carbocycles. The maximum absolute atomic E-state index is 5.26. The molecular weight excluding hydrogens is 334 g/mol. The number of anilines is 1. The number of fused-ring (bicyclic) bond motifs is 1. The van der Waals surface area contributed by atoms with E-state index in [4.69, 9.17) is 4.74 Å². The second-order valence-electron chi connectivity index (χ2n) is 7.93. The topological polar surface area (TPSA) is 36.5 Å². The third-order valence-electron chi connectivity index (χ3n) is 5.80. The number of allylic oxidation sites excluding steroid dienone is 2. The largest absolute Gasteiger partial charge is 0.382 e. The van der Waals surface area contributed by atoms with Gasteiger partial charge in [0, 0.05) is 49.8 Å². The van der Waals surface area contributed by atoms with Gasteiger partial charge in [0.15, 0.2) is 0 Å². The summed E-state index contributed by atoms with van der Waals surface area (Å²) in [6.07, 6.45) is 14.9. The number of hydrogen-bond acceptors (Lipinski definition) is 4. The first kappa shape index (κ1) is 18.3. The number of benzene rings is 1. The van der Waals surface area contributed by atoms with E-state index in [1.54, 1.807) is 7.11 Å². The number of nitrogens with one attached hydrogen (secondary N) is 2. The number of methoxy groups -OCH3 is 1. The number of piperidine rings is 1. The smallest absolute Gasteiger partial charge is 0.0709 e. The fraction of sp³-hybridized carbons (Fsp3) is 0.478. The summed E-state index contributed by atoms with van der Waals surface area (Å²) < 4.78 is 5.26. The molecule has 1 fully saturated rings. The molecule has 1 aromatic rings. The molecule has 1 saturated heterocycles. The van der Waals surface area contributed by atoms with Crippen LogP contribution < -0.4 is 21.1 Å². The zero-order valence-electron chi connectivity index (χ0n) is 16.5. The van der Waals surface area contributed by atoms with Gasteiger partial charge in [-0.2, -0.15) is 0 Å². The third kappa shape index (κ3) is 4.28. The molecule has 27 heavy (non-hydrogen) atoms. The normalized spacial score (nSPS) is 22.5. The predicted octanol–water partition coefficient (Wildman–Crippen LogP) is 1.93. The van der Waals surface area contributed by atoms with Crippen LogP contribution >= 0.6 is 0 Å². The second kappa shape index (κ2) is 8.32. The van der Waals surface area contributed by atoms with E-state index >= 15 is 0 Å². The molecule has 2 aliphatic heterocycles. The van der Waals surface area contributed by atoms with Crippen LogP contribution in [0.5, 0.6) is 0 Å². The van der Waals surface area contributed by atoms with Crippen molar-refractivity contribution in [2.45, 2.75) is 31.2 Å². The lowest BCUT2D eigenvalue weighted by Gasteiger charge is -2.27. The van der Waals surface area contributed by atoms with Crippen molar-refractivity contribution >= 4 is 18.0 Å². The Kier molecular flexibility index (Phi) is 5.65. The minimum atomic E-state index is 0.442. The summed E-state index contributed by atoms with van der Waals surface area (Å²) in [4.78, 5) is 2.26. The fourth-order valence-corrected chi connectivity index (χ4v) is 4.23. The van der Waals surface area contributed by atoms with Crippen molar-refractivity contribution in [1.82, 2.24) is 10.2 Å². The first-order chi connectivity index (χ1) is 13.2. The quantitative estimate of drug-likeness (QED) is 0.836. The van der Waals surface area contributed by atoms with Crippen molar-refractivity contribution < 1.29 is 4.74 Å². The maximum Gasteiger partial charge on any atom is 0.0709 e. The SMILES string of the molecule is COCC1=CCC(c2cc(NC3CCNCC3)c3c(c2)=CCN(C)C=3)C=C1. The van der Waals surface area contributed by atoms with E-state index in [1.165, 1.54) is 40.1 Å². The van der Waals surface area contributed by atoms with E-state index in [1.807, 2.05) is 0 Å². The van der Waals surface area contributed by atoms with Gasteiger partial charge in [-0.1, -0.05) is 30.4 Å². The molecule has 144 valence electrons. The van der Waals surface area contributed by atoms with Crippen molar-refractivity contribution in [3.05, 3.63) is 51.9 Å². The van der Waals surface area contributed by atoms with E-state index < -0.39 is 0 Å². The lowest BCUT2D eigenvalue weighted by Crippen LogP contribution is -2.40. The monoisotopic (exact) mass is 365 g/mol. The van der Waals surface area contributed by atoms with E-state index in [2.05, 4.69) is 65.2 Å². The van der Waals surface area contributed by atoms with Crippen molar-refractivity contribution in [3.8, 4) is 0 Å². The van der Waals surface area contributed by atoms with Crippen molar-refractivity contribution in [2.24, 2.45) is 0 Å². The van der Waals surface area contributed by atoms with Crippen LogP contribution in [0.15, 0.2) is 35.9 Å². The molecule has 4 nitrogen and oxygen atoms in total. The van der Waals surface area contributed by atoms with Gasteiger partial charge in [0.2, 0.25) is 0 Å². The molecule has 1 aromatic carbocycles. The van der Waals surface area contributed by atoms with E-state index in [-0.39, 0.29) is 0 Å². The zero-order valence-corrected chi connectivity index (χ0v) is 16.5. The summed E-state index contributed by atoms with van der Waals surface area (Å²) in [6.45, 7) is 3.88. The summed E-state index contributed by atoms with van der Waals surface area (Å²) in [5.74, 6) is 0.442. The Bertz CT molecular complexity index is 849. The molecule has 4 rings (SSSR count). The molecule has 0 aromatic heterocycles. The maximum atomic E-state index is 5.26. The van der Waals surface area contributed by atoms with Crippen molar-refractivity contribution in [1.29, 1.82) is 0 Å². The van der Waals surface area contributed by atoms with Crippen LogP contribution in [-0.2, 0) is 4.74 Å². The molecule has 1 unspecified atom stereocenters. The summed E-state index contributed by atoms with van der Waals surface area (Å²) >= 11 is 0. The van der Waals surface area contributed by atoms with Gasteiger partial charge in [0.05, 0.1) is 6.61 Å². The molecule has 0 spiro atoms. The Morgan fingerprint density at radius 3 is 2.81 bits per heavy atom. The van der Waals surface area contributed by atoms with Gasteiger partial charge in [0.1, 0.15) is 0 Å². The van der Waals surface area contributed by atoms with Crippen molar-refractivity contribution in [2.75, 3.05) is 45.7 Å². The summed E-state index contributed by atoms with van der Waals surface area (Å²) in [6, 6.07) is 5.33. The van der Waals surface area contributed by atoms with Gasteiger partial charge < -0.3 is 20.3 Å². The molecule has 2 heterocycles. The average Bonchev–Trinajstić information content (AvgIpc) is 2.70. The zero-order chi connectivity index (χ0) is 18.6. The molecule has 0 radical (unpaired) electrons. The van der Waals surface area contributed by atoms with E-state index in [0.29, 0.717) is 18.6 Å². The highest BCUT2D eigenvalue weighted by molar-refractivity contribution is 5.57. The number of rotatable bonds is 5. The fourth-order valence-electron chi connectivity index (χ4n) is 4.23. The van der Waals surface area contributed by atoms with Crippen LogP contribution in [0.3, 0.4) is 0 Å². The number of hydrogen-bond donors (Lipinski definition) is 2. The van der Waals surface area contributed by atoms with Crippen LogP contribution in [0.2, 0.25) is 0 Å². The van der Waals surface area contributed by atoms with Gasteiger partial charge in [-0.05, 0) is 54.8 Å². The number of ether oxygens (including phenoxy) is 1.